The smallest absolute Gasteiger partial charge is 0.265 e. The summed E-state index contributed by atoms with van der Waals surface area (Å²) in [4.78, 5) is 11.2. The van der Waals surface area contributed by atoms with Crippen LogP contribution >= 0.6 is 0 Å². The lowest BCUT2D eigenvalue weighted by molar-refractivity contribution is -0.124. The number of alkyl halides is 2. The first-order valence-electron chi connectivity index (χ1n) is 5.39. The number of aliphatic hydroxyl groups excluding tert-OH is 1. The summed E-state index contributed by atoms with van der Waals surface area (Å²) >= 11 is 0. The molecule has 0 aliphatic rings. The van der Waals surface area contributed by atoms with Crippen LogP contribution in [0.4, 0.5) is 8.78 Å². The van der Waals surface area contributed by atoms with Crippen LogP contribution in [-0.2, 0) is 4.79 Å². The lowest BCUT2D eigenvalue weighted by Crippen LogP contribution is -2.38. The second kappa shape index (κ2) is 7.28. The van der Waals surface area contributed by atoms with Crippen LogP contribution in [-0.4, -0.2) is 36.7 Å². The molecule has 1 amide bonds. The molecule has 0 aromatic heterocycles. The third-order valence-corrected chi connectivity index (χ3v) is 2.15. The summed E-state index contributed by atoms with van der Waals surface area (Å²) in [5, 5.41) is 19.5. The number of halogens is 2. The highest BCUT2D eigenvalue weighted by Crippen LogP contribution is 2.11. The highest BCUT2D eigenvalue weighted by Gasteiger charge is 2.17. The lowest BCUT2D eigenvalue weighted by Gasteiger charge is -2.11. The predicted molar refractivity (Wildman–Crippen MR) is 61.7 cm³/mol. The lowest BCUT2D eigenvalue weighted by atomic mass is 10.2. The van der Waals surface area contributed by atoms with Crippen LogP contribution in [0.1, 0.15) is 5.56 Å². The summed E-state index contributed by atoms with van der Waals surface area (Å²) in [6.45, 7) is -0.894. The van der Waals surface area contributed by atoms with Crippen molar-refractivity contribution in [3.8, 4) is 11.8 Å². The largest absolute Gasteiger partial charge is 0.484 e. The van der Waals surface area contributed by atoms with Crippen molar-refractivity contribution < 1.29 is 23.4 Å². The van der Waals surface area contributed by atoms with Gasteiger partial charge in [0, 0.05) is 6.54 Å². The maximum atomic E-state index is 11.9. The number of aliphatic hydroxyl groups is 1. The molecule has 5 nitrogen and oxygen atoms in total. The molecule has 0 saturated heterocycles. The number of nitrogens with zero attached hydrogens (tertiary/aromatic N) is 1. The van der Waals surface area contributed by atoms with Gasteiger partial charge in [-0.15, -0.1) is 0 Å². The first-order valence-corrected chi connectivity index (χ1v) is 5.39. The van der Waals surface area contributed by atoms with Crippen LogP contribution in [0.25, 0.3) is 0 Å². The van der Waals surface area contributed by atoms with Crippen LogP contribution in [0.15, 0.2) is 24.3 Å². The molecular weight excluding hydrogens is 258 g/mol. The number of carbonyl (C=O) groups is 1. The maximum Gasteiger partial charge on any atom is 0.265 e. The molecule has 1 aromatic carbocycles. The highest BCUT2D eigenvalue weighted by molar-refractivity contribution is 5.77. The Morgan fingerprint density at radius 1 is 1.42 bits per heavy atom. The van der Waals surface area contributed by atoms with Crippen LogP contribution in [0.2, 0.25) is 0 Å². The fourth-order valence-corrected chi connectivity index (χ4v) is 1.13. The summed E-state index contributed by atoms with van der Waals surface area (Å²) in [6.07, 6.45) is -4.79. The van der Waals surface area contributed by atoms with Crippen molar-refractivity contribution in [2.24, 2.45) is 0 Å². The van der Waals surface area contributed by atoms with Gasteiger partial charge in [0.2, 0.25) is 0 Å². The van der Waals surface area contributed by atoms with Crippen LogP contribution < -0.4 is 10.1 Å². The molecule has 0 radical (unpaired) electrons. The zero-order chi connectivity index (χ0) is 14.3. The molecule has 0 bridgehead atoms. The van der Waals surface area contributed by atoms with Gasteiger partial charge in [0.15, 0.2) is 6.61 Å². The molecule has 102 valence electrons. The first kappa shape index (κ1) is 14.9. The molecule has 7 heteroatoms. The van der Waals surface area contributed by atoms with E-state index >= 15 is 0 Å². The van der Waals surface area contributed by atoms with E-state index in [9.17, 15) is 13.6 Å². The fourth-order valence-electron chi connectivity index (χ4n) is 1.13. The Morgan fingerprint density at radius 2 is 2.05 bits per heavy atom. The monoisotopic (exact) mass is 270 g/mol. The van der Waals surface area contributed by atoms with Gasteiger partial charge in [-0.05, 0) is 24.3 Å². The number of hydrogen-bond acceptors (Lipinski definition) is 4. The SMILES string of the molecule is N#Cc1ccc(OCC(=O)NCC(O)C(F)F)cc1. The van der Waals surface area contributed by atoms with Crippen molar-refractivity contribution in [1.29, 1.82) is 5.26 Å². The van der Waals surface area contributed by atoms with Crippen molar-refractivity contribution >= 4 is 5.91 Å². The van der Waals surface area contributed by atoms with E-state index in [2.05, 4.69) is 5.32 Å². The van der Waals surface area contributed by atoms with Crippen LogP contribution in [0, 0.1) is 11.3 Å². The topological polar surface area (TPSA) is 82.3 Å². The Labute approximate surface area is 108 Å². The standard InChI is InChI=1S/C12H12F2N2O3/c13-12(14)10(17)6-16-11(18)7-19-9-3-1-8(5-15)2-4-9/h1-4,10,12,17H,6-7H2,(H,16,18). The number of hydrogen-bond donors (Lipinski definition) is 2. The Hall–Kier alpha value is -2.20. The normalized spacial score (nSPS) is 11.7. The minimum atomic E-state index is -2.90. The molecule has 1 unspecified atom stereocenters. The molecule has 0 heterocycles. The summed E-state index contributed by atoms with van der Waals surface area (Å²) in [5.41, 5.74) is 0.455. The molecule has 1 aromatic rings. The Kier molecular flexibility index (Phi) is 5.70. The molecule has 0 aliphatic carbocycles. The Balaban J connectivity index is 2.32. The van der Waals surface area contributed by atoms with E-state index in [1.54, 1.807) is 0 Å². The second-order valence-electron chi connectivity index (χ2n) is 3.63. The van der Waals surface area contributed by atoms with Gasteiger partial charge in [0.25, 0.3) is 12.3 Å². The minimum absolute atomic E-state index is 0.359. The van der Waals surface area contributed by atoms with Gasteiger partial charge in [-0.1, -0.05) is 0 Å². The molecule has 0 saturated carbocycles. The molecule has 1 atom stereocenters. The van der Waals surface area contributed by atoms with Crippen LogP contribution in [0.3, 0.4) is 0 Å². The van der Waals surface area contributed by atoms with E-state index in [0.29, 0.717) is 11.3 Å². The number of nitrogens with one attached hydrogen (secondary N) is 1. The van der Waals surface area contributed by atoms with Gasteiger partial charge in [-0.3, -0.25) is 4.79 Å². The summed E-state index contributed by atoms with van der Waals surface area (Å²) < 4.78 is 29.0. The third kappa shape index (κ3) is 5.31. The Bertz CT molecular complexity index is 457. The van der Waals surface area contributed by atoms with Crippen molar-refractivity contribution in [3.63, 3.8) is 0 Å². The van der Waals surface area contributed by atoms with Crippen molar-refractivity contribution in [1.82, 2.24) is 5.32 Å². The van der Waals surface area contributed by atoms with Crippen molar-refractivity contribution in [2.45, 2.75) is 12.5 Å². The number of rotatable bonds is 6. The summed E-state index contributed by atoms with van der Waals surface area (Å²) in [7, 11) is 0. The number of carbonyl (C=O) groups excluding carboxylic acids is 1. The van der Waals surface area contributed by atoms with E-state index in [0.717, 1.165) is 0 Å². The van der Waals surface area contributed by atoms with Crippen molar-refractivity contribution in [2.75, 3.05) is 13.2 Å². The number of benzene rings is 1. The molecule has 1 rings (SSSR count). The first-order chi connectivity index (χ1) is 9.02. The van der Waals surface area contributed by atoms with E-state index in [4.69, 9.17) is 15.1 Å². The second-order valence-corrected chi connectivity index (χ2v) is 3.63. The number of ether oxygens (including phenoxy) is 1. The highest BCUT2D eigenvalue weighted by atomic mass is 19.3. The van der Waals surface area contributed by atoms with Gasteiger partial charge in [-0.2, -0.15) is 5.26 Å². The van der Waals surface area contributed by atoms with E-state index < -0.39 is 25.0 Å². The quantitative estimate of drug-likeness (QED) is 0.796. The molecular formula is C12H12F2N2O3. The minimum Gasteiger partial charge on any atom is -0.484 e. The molecule has 0 fully saturated rings. The maximum absolute atomic E-state index is 11.9. The fraction of sp³-hybridized carbons (Fsp3) is 0.333. The van der Waals surface area contributed by atoms with Gasteiger partial charge in [0.05, 0.1) is 11.6 Å². The van der Waals surface area contributed by atoms with Gasteiger partial charge < -0.3 is 15.2 Å². The average molecular weight is 270 g/mol. The predicted octanol–water partition coefficient (Wildman–Crippen LogP) is 0.679. The zero-order valence-electron chi connectivity index (χ0n) is 9.85. The number of nitriles is 1. The molecule has 0 aliphatic heterocycles. The van der Waals surface area contributed by atoms with Gasteiger partial charge in [0.1, 0.15) is 11.9 Å². The van der Waals surface area contributed by atoms with E-state index in [1.807, 2.05) is 6.07 Å². The van der Waals surface area contributed by atoms with Crippen LogP contribution in [0.5, 0.6) is 5.75 Å². The van der Waals surface area contributed by atoms with Gasteiger partial charge in [-0.25, -0.2) is 8.78 Å². The number of amides is 1. The zero-order valence-corrected chi connectivity index (χ0v) is 9.85. The summed E-state index contributed by atoms with van der Waals surface area (Å²) in [6, 6.07) is 8.00. The molecule has 0 spiro atoms. The Morgan fingerprint density at radius 3 is 2.58 bits per heavy atom. The average Bonchev–Trinajstić information content (AvgIpc) is 2.42. The van der Waals surface area contributed by atoms with E-state index in [1.165, 1.54) is 24.3 Å². The van der Waals surface area contributed by atoms with E-state index in [-0.39, 0.29) is 6.61 Å². The van der Waals surface area contributed by atoms with Gasteiger partial charge >= 0.3 is 0 Å². The third-order valence-electron chi connectivity index (χ3n) is 2.15. The molecule has 2 N–H and O–H groups in total. The molecule has 19 heavy (non-hydrogen) atoms. The summed E-state index contributed by atoms with van der Waals surface area (Å²) in [5.74, 6) is -0.243. The van der Waals surface area contributed by atoms with Crippen molar-refractivity contribution in [3.05, 3.63) is 29.8 Å².